The first kappa shape index (κ1) is 18.7. The van der Waals surface area contributed by atoms with Gasteiger partial charge in [-0.05, 0) is 44.0 Å². The van der Waals surface area contributed by atoms with Crippen LogP contribution in [0.1, 0.15) is 0 Å². The van der Waals surface area contributed by atoms with Gasteiger partial charge >= 0.3 is 0 Å². The number of rotatable bonds is 2. The van der Waals surface area contributed by atoms with E-state index in [9.17, 15) is 0 Å². The van der Waals surface area contributed by atoms with Gasteiger partial charge in [0.15, 0.2) is 8.07 Å². The van der Waals surface area contributed by atoms with Gasteiger partial charge in [-0.1, -0.05) is 109 Å². The van der Waals surface area contributed by atoms with E-state index in [2.05, 4.69) is 97.1 Å². The second-order valence-electron chi connectivity index (χ2n) is 8.78. The van der Waals surface area contributed by atoms with E-state index >= 15 is 0 Å². The smallest absolute Gasteiger partial charge is 0.180 e. The van der Waals surface area contributed by atoms with Crippen LogP contribution in [0.25, 0.3) is 33.1 Å². The Morgan fingerprint density at radius 2 is 1.15 bits per heavy atom. The van der Waals surface area contributed by atoms with E-state index in [0.29, 0.717) is 0 Å². The van der Waals surface area contributed by atoms with Crippen molar-refractivity contribution in [2.45, 2.75) is 0 Å². The van der Waals surface area contributed by atoms with E-state index in [4.69, 9.17) is 12.3 Å². The molecule has 0 amide bonds. The van der Waals surface area contributed by atoms with E-state index in [1.807, 2.05) is 18.2 Å². The zero-order valence-electron chi connectivity index (χ0n) is 18.0. The van der Waals surface area contributed by atoms with Gasteiger partial charge in [-0.3, -0.25) is 0 Å². The maximum absolute atomic E-state index is 6.36. The highest BCUT2D eigenvalue weighted by Crippen LogP contribution is 2.31. The molecule has 2 radical (unpaired) electrons. The van der Waals surface area contributed by atoms with E-state index in [1.165, 1.54) is 37.3 Å². The zero-order chi connectivity index (χ0) is 22.0. The molecule has 0 atom stereocenters. The lowest BCUT2D eigenvalue weighted by atomic mass is 9.97. The molecule has 0 bridgehead atoms. The summed E-state index contributed by atoms with van der Waals surface area (Å²) in [6.45, 7) is 0. The molecule has 0 saturated heterocycles. The summed E-state index contributed by atoms with van der Waals surface area (Å²) in [6, 6.07) is 41.4. The van der Waals surface area contributed by atoms with Crippen molar-refractivity contribution >= 4 is 64.1 Å². The Hall–Kier alpha value is -3.82. The predicted octanol–water partition coefficient (Wildman–Crippen LogP) is 3.74. The molecule has 6 aromatic rings. The second kappa shape index (κ2) is 6.84. The van der Waals surface area contributed by atoms with Gasteiger partial charge in [0.2, 0.25) is 0 Å². The highest BCUT2D eigenvalue weighted by molar-refractivity contribution is 7.22. The van der Waals surface area contributed by atoms with E-state index in [1.54, 1.807) is 0 Å². The number of para-hydroxylation sites is 1. The maximum Gasteiger partial charge on any atom is 0.180 e. The Bertz CT molecular complexity index is 1650. The molecule has 0 aliphatic carbocycles. The molecule has 7 rings (SSSR count). The highest BCUT2D eigenvalue weighted by atomic mass is 28.3. The van der Waals surface area contributed by atoms with Crippen LogP contribution in [0.4, 0.5) is 0 Å². The van der Waals surface area contributed by atoms with Gasteiger partial charge in [0.25, 0.3) is 0 Å². The summed E-state index contributed by atoms with van der Waals surface area (Å²) < 4.78 is 6.16. The molecule has 152 valence electrons. The van der Waals surface area contributed by atoms with Crippen LogP contribution in [-0.2, 0) is 0 Å². The summed E-state index contributed by atoms with van der Waals surface area (Å²) in [6.07, 6.45) is 0. The van der Waals surface area contributed by atoms with Crippen molar-refractivity contribution in [3.05, 3.63) is 115 Å². The maximum atomic E-state index is 6.36. The summed E-state index contributed by atoms with van der Waals surface area (Å²) in [4.78, 5) is 0. The fraction of sp³-hybridized carbons (Fsp3) is 0. The summed E-state index contributed by atoms with van der Waals surface area (Å²) in [5, 5.41) is 7.83. The Kier molecular flexibility index (Phi) is 3.88. The molecule has 1 aliphatic rings. The van der Waals surface area contributed by atoms with Crippen LogP contribution < -0.4 is 26.2 Å². The summed E-state index contributed by atoms with van der Waals surface area (Å²) in [7, 11) is 3.80. The molecular formula is C30H19BOSi. The molecule has 0 unspecified atom stereocenters. The van der Waals surface area contributed by atoms with Crippen LogP contribution in [0.5, 0.6) is 0 Å². The molecule has 5 aromatic carbocycles. The first-order chi connectivity index (χ1) is 16.3. The third kappa shape index (κ3) is 2.48. The van der Waals surface area contributed by atoms with Gasteiger partial charge in [0.1, 0.15) is 19.0 Å². The highest BCUT2D eigenvalue weighted by Gasteiger charge is 2.48. The van der Waals surface area contributed by atoms with E-state index in [0.717, 1.165) is 22.0 Å². The molecule has 33 heavy (non-hydrogen) atoms. The van der Waals surface area contributed by atoms with Crippen molar-refractivity contribution in [2.24, 2.45) is 0 Å². The minimum absolute atomic E-state index is 0.802. The van der Waals surface area contributed by atoms with Gasteiger partial charge in [0, 0.05) is 10.8 Å². The van der Waals surface area contributed by atoms with Crippen molar-refractivity contribution in [3.8, 4) is 11.1 Å². The van der Waals surface area contributed by atoms with Crippen molar-refractivity contribution in [1.82, 2.24) is 0 Å². The van der Waals surface area contributed by atoms with Crippen LogP contribution in [0, 0.1) is 0 Å². The minimum atomic E-state index is -2.56. The standard InChI is InChI=1S/C30H19BOSi/c31-20-8-7-9-21(18-20)33(29-14-5-2-11-24(29)25-12-3-6-15-30(25)33)22-16-17-28-26(19-22)23-10-1-4-13-27(23)32-28/h1-19H. The number of hydrogen-bond donors (Lipinski definition) is 0. The third-order valence-electron chi connectivity index (χ3n) is 7.08. The minimum Gasteiger partial charge on any atom is -0.456 e. The molecule has 0 fully saturated rings. The molecule has 1 aliphatic heterocycles. The monoisotopic (exact) mass is 434 g/mol. The van der Waals surface area contributed by atoms with Crippen molar-refractivity contribution < 1.29 is 4.42 Å². The third-order valence-corrected chi connectivity index (χ3v) is 11.9. The van der Waals surface area contributed by atoms with Crippen molar-refractivity contribution in [2.75, 3.05) is 0 Å². The lowest BCUT2D eigenvalue weighted by Crippen LogP contribution is -2.73. The van der Waals surface area contributed by atoms with Gasteiger partial charge in [-0.15, -0.1) is 0 Å². The fourth-order valence-corrected chi connectivity index (χ4v) is 11.0. The largest absolute Gasteiger partial charge is 0.456 e. The van der Waals surface area contributed by atoms with Crippen molar-refractivity contribution in [3.63, 3.8) is 0 Å². The number of benzene rings is 5. The fourth-order valence-electron chi connectivity index (χ4n) is 5.76. The van der Waals surface area contributed by atoms with Crippen LogP contribution in [0.2, 0.25) is 0 Å². The SMILES string of the molecule is [B]c1cccc([Si]2(c3ccc4oc5ccccc5c4c3)c3ccccc3-c3ccccc32)c1. The lowest BCUT2D eigenvalue weighted by Gasteiger charge is -2.31. The first-order valence-electron chi connectivity index (χ1n) is 11.2. The molecule has 0 N–H and O–H groups in total. The van der Waals surface area contributed by atoms with Gasteiger partial charge in [-0.2, -0.15) is 0 Å². The van der Waals surface area contributed by atoms with Crippen LogP contribution in [0.3, 0.4) is 0 Å². The van der Waals surface area contributed by atoms with Crippen LogP contribution >= 0.6 is 0 Å². The van der Waals surface area contributed by atoms with Gasteiger partial charge in [0.05, 0.1) is 0 Å². The average Bonchev–Trinajstić information content (AvgIpc) is 3.38. The Labute approximate surface area is 194 Å². The molecule has 0 saturated carbocycles. The number of fused-ring (bicyclic) bond motifs is 6. The quantitative estimate of drug-likeness (QED) is 0.378. The molecule has 1 aromatic heterocycles. The first-order valence-corrected chi connectivity index (χ1v) is 13.2. The van der Waals surface area contributed by atoms with E-state index < -0.39 is 8.07 Å². The van der Waals surface area contributed by atoms with Crippen molar-refractivity contribution in [1.29, 1.82) is 0 Å². The average molecular weight is 434 g/mol. The predicted molar refractivity (Wildman–Crippen MR) is 142 cm³/mol. The Balaban J connectivity index is 1.66. The Morgan fingerprint density at radius 1 is 0.515 bits per heavy atom. The normalized spacial score (nSPS) is 13.8. The topological polar surface area (TPSA) is 13.1 Å². The summed E-state index contributed by atoms with van der Waals surface area (Å²) in [5.41, 5.74) is 5.32. The summed E-state index contributed by atoms with van der Waals surface area (Å²) >= 11 is 0. The number of hydrogen-bond acceptors (Lipinski definition) is 1. The van der Waals surface area contributed by atoms with Gasteiger partial charge in [-0.25, -0.2) is 0 Å². The molecule has 2 heterocycles. The molecule has 1 nitrogen and oxygen atoms in total. The van der Waals surface area contributed by atoms with Crippen LogP contribution in [-0.4, -0.2) is 15.9 Å². The molecule has 3 heteroatoms. The molecular weight excluding hydrogens is 415 g/mol. The second-order valence-corrected chi connectivity index (χ2v) is 12.5. The Morgan fingerprint density at radius 3 is 1.91 bits per heavy atom. The van der Waals surface area contributed by atoms with E-state index in [-0.39, 0.29) is 0 Å². The van der Waals surface area contributed by atoms with Crippen LogP contribution in [0.15, 0.2) is 120 Å². The lowest BCUT2D eigenvalue weighted by molar-refractivity contribution is 0.669. The van der Waals surface area contributed by atoms with Gasteiger partial charge < -0.3 is 4.42 Å². The number of furan rings is 1. The summed E-state index contributed by atoms with van der Waals surface area (Å²) in [5.74, 6) is 0. The molecule has 0 spiro atoms. The zero-order valence-corrected chi connectivity index (χ0v) is 19.0.